The Morgan fingerprint density at radius 1 is 1.10 bits per heavy atom. The first-order valence-corrected chi connectivity index (χ1v) is 12.2. The van der Waals surface area contributed by atoms with Crippen molar-refractivity contribution in [1.82, 2.24) is 0 Å². The molecule has 3 nitrogen and oxygen atoms in total. The predicted octanol–water partition coefficient (Wildman–Crippen LogP) is 5.87. The quantitative estimate of drug-likeness (QED) is 0.480. The summed E-state index contributed by atoms with van der Waals surface area (Å²) in [7, 11) is 0. The number of allylic oxidation sites excluding steroid dienone is 5. The van der Waals surface area contributed by atoms with Crippen LogP contribution in [0, 0.1) is 23.2 Å². The van der Waals surface area contributed by atoms with E-state index in [4.69, 9.17) is 0 Å². The molecule has 3 saturated carbocycles. The van der Waals surface area contributed by atoms with Gasteiger partial charge in [-0.3, -0.25) is 0 Å². The predicted molar refractivity (Wildman–Crippen MR) is 129 cm³/mol. The van der Waals surface area contributed by atoms with Crippen LogP contribution >= 0.6 is 0 Å². The molecule has 1 unspecified atom stereocenters. The second-order valence-electron chi connectivity index (χ2n) is 11.5. The fraction of sp³-hybridized carbons (Fsp3) is 0.714. The number of aliphatic hydroxyl groups is 3. The summed E-state index contributed by atoms with van der Waals surface area (Å²) in [4.78, 5) is 0. The molecule has 0 radical (unpaired) electrons. The lowest BCUT2D eigenvalue weighted by Gasteiger charge is -2.44. The molecule has 3 rings (SSSR count). The maximum absolute atomic E-state index is 10.6. The number of rotatable bonds is 5. The third kappa shape index (κ3) is 5.10. The molecule has 0 bridgehead atoms. The van der Waals surface area contributed by atoms with Gasteiger partial charge in [-0.1, -0.05) is 55.9 Å². The Bertz CT molecular complexity index is 764. The van der Waals surface area contributed by atoms with Crippen LogP contribution < -0.4 is 0 Å². The third-order valence-electron chi connectivity index (χ3n) is 8.82. The highest BCUT2D eigenvalue weighted by Crippen LogP contribution is 2.59. The lowest BCUT2D eigenvalue weighted by molar-refractivity contribution is -0.0886. The van der Waals surface area contributed by atoms with Gasteiger partial charge >= 0.3 is 0 Å². The maximum atomic E-state index is 10.6. The van der Waals surface area contributed by atoms with Gasteiger partial charge in [0.1, 0.15) is 5.60 Å². The molecule has 0 saturated heterocycles. The number of hydrogen-bond acceptors (Lipinski definition) is 3. The summed E-state index contributed by atoms with van der Waals surface area (Å²) in [5.41, 5.74) is 1.83. The van der Waals surface area contributed by atoms with Gasteiger partial charge in [-0.25, -0.2) is 0 Å². The minimum atomic E-state index is -1.24. The van der Waals surface area contributed by atoms with E-state index >= 15 is 0 Å². The van der Waals surface area contributed by atoms with Gasteiger partial charge in [-0.05, 0) is 101 Å². The number of aliphatic hydroxyl groups excluding tert-OH is 1. The van der Waals surface area contributed by atoms with Crippen molar-refractivity contribution in [1.29, 1.82) is 0 Å². The van der Waals surface area contributed by atoms with Crippen LogP contribution in [0.5, 0.6) is 0 Å². The molecule has 3 heteroatoms. The first-order chi connectivity index (χ1) is 14.3. The average Bonchev–Trinajstić information content (AvgIpc) is 3.03. The minimum absolute atomic E-state index is 0.226. The van der Waals surface area contributed by atoms with E-state index in [1.165, 1.54) is 43.3 Å². The number of fused-ring (bicyclic) bond motifs is 1. The highest BCUT2D eigenvalue weighted by Gasteiger charge is 2.50. The van der Waals surface area contributed by atoms with E-state index in [-0.39, 0.29) is 11.5 Å². The average molecular weight is 429 g/mol. The van der Waals surface area contributed by atoms with Gasteiger partial charge in [0, 0.05) is 0 Å². The van der Waals surface area contributed by atoms with Crippen LogP contribution in [-0.2, 0) is 0 Å². The van der Waals surface area contributed by atoms with Gasteiger partial charge in [-0.15, -0.1) is 0 Å². The standard InChI is InChI=1S/C28H44O3/c1-19-9-12-23(29)18-22(19)11-10-21-8-7-16-27(5)24(13-14-25(21)27)20(2)15-17-28(6,31)26(3,4)30/h10-11,15,17,20,23-25,29-31H,1,7-9,12-14,16,18H2,2-6H3/b17-15+,21-10?,22-11?/t20-,23+,24-,25?,27-,28-/m1/s1. The molecule has 0 aromatic rings. The van der Waals surface area contributed by atoms with Crippen molar-refractivity contribution in [3.8, 4) is 0 Å². The van der Waals surface area contributed by atoms with E-state index < -0.39 is 11.2 Å². The van der Waals surface area contributed by atoms with Crippen LogP contribution in [0.1, 0.15) is 86.0 Å². The van der Waals surface area contributed by atoms with Crippen LogP contribution in [0.25, 0.3) is 0 Å². The smallest absolute Gasteiger partial charge is 0.108 e. The number of hydrogen-bond donors (Lipinski definition) is 3. The topological polar surface area (TPSA) is 60.7 Å². The largest absolute Gasteiger partial charge is 0.393 e. The Kier molecular flexibility index (Phi) is 7.11. The normalized spacial score (nSPS) is 37.9. The Morgan fingerprint density at radius 3 is 2.48 bits per heavy atom. The molecule has 3 aliphatic rings. The van der Waals surface area contributed by atoms with Gasteiger partial charge in [0.05, 0.1) is 11.7 Å². The third-order valence-corrected chi connectivity index (χ3v) is 8.82. The molecule has 174 valence electrons. The second-order valence-corrected chi connectivity index (χ2v) is 11.5. The van der Waals surface area contributed by atoms with Crippen molar-refractivity contribution in [3.05, 3.63) is 47.6 Å². The van der Waals surface area contributed by atoms with Gasteiger partial charge in [0.15, 0.2) is 0 Å². The lowest BCUT2D eigenvalue weighted by atomic mass is 9.61. The van der Waals surface area contributed by atoms with Crippen molar-refractivity contribution in [2.45, 2.75) is 103 Å². The van der Waals surface area contributed by atoms with Crippen LogP contribution in [0.4, 0.5) is 0 Å². The molecule has 0 aromatic carbocycles. The van der Waals surface area contributed by atoms with Crippen LogP contribution in [0.15, 0.2) is 47.6 Å². The van der Waals surface area contributed by atoms with Crippen molar-refractivity contribution in [2.75, 3.05) is 0 Å². The van der Waals surface area contributed by atoms with Gasteiger partial charge in [-0.2, -0.15) is 0 Å². The van der Waals surface area contributed by atoms with E-state index in [2.05, 4.69) is 38.7 Å². The summed E-state index contributed by atoms with van der Waals surface area (Å²) >= 11 is 0. The Labute approximate surface area is 189 Å². The SMILES string of the molecule is C=C1CC[C@H](O)CC1=CC=C1CCC[C@@]2(C)C1CC[C@@H]2[C@H](C)/C=C/[C@@](C)(O)C(C)(C)O. The highest BCUT2D eigenvalue weighted by atomic mass is 16.3. The van der Waals surface area contributed by atoms with Crippen LogP contribution in [-0.4, -0.2) is 32.6 Å². The maximum Gasteiger partial charge on any atom is 0.108 e. The Hall–Kier alpha value is -1.16. The van der Waals surface area contributed by atoms with Gasteiger partial charge in [0.25, 0.3) is 0 Å². The van der Waals surface area contributed by atoms with Crippen molar-refractivity contribution in [3.63, 3.8) is 0 Å². The molecule has 0 amide bonds. The second kappa shape index (κ2) is 9.00. The fourth-order valence-corrected chi connectivity index (χ4v) is 6.22. The van der Waals surface area contributed by atoms with E-state index in [0.29, 0.717) is 17.8 Å². The summed E-state index contributed by atoms with van der Waals surface area (Å²) in [5.74, 6) is 1.54. The molecule has 3 fully saturated rings. The van der Waals surface area contributed by atoms with Crippen LogP contribution in [0.3, 0.4) is 0 Å². The molecule has 31 heavy (non-hydrogen) atoms. The van der Waals surface area contributed by atoms with E-state index in [1.807, 2.05) is 0 Å². The molecule has 6 atom stereocenters. The molecule has 0 spiro atoms. The Morgan fingerprint density at radius 2 is 1.81 bits per heavy atom. The van der Waals surface area contributed by atoms with Gasteiger partial charge < -0.3 is 15.3 Å². The molecule has 0 heterocycles. The van der Waals surface area contributed by atoms with Crippen LogP contribution in [0.2, 0.25) is 0 Å². The summed E-state index contributed by atoms with van der Waals surface area (Å²) in [5, 5.41) is 30.9. The molecule has 3 aliphatic carbocycles. The molecular weight excluding hydrogens is 384 g/mol. The van der Waals surface area contributed by atoms with E-state index in [9.17, 15) is 15.3 Å². The van der Waals surface area contributed by atoms with E-state index in [0.717, 1.165) is 19.3 Å². The molecule has 3 N–H and O–H groups in total. The monoisotopic (exact) mass is 428 g/mol. The molecular formula is C28H44O3. The van der Waals surface area contributed by atoms with E-state index in [1.54, 1.807) is 32.4 Å². The first-order valence-electron chi connectivity index (χ1n) is 12.2. The molecule has 0 aromatic heterocycles. The first kappa shape index (κ1) is 24.5. The summed E-state index contributed by atoms with van der Waals surface area (Å²) in [6.07, 6.45) is 16.8. The summed E-state index contributed by atoms with van der Waals surface area (Å²) in [6.45, 7) is 13.9. The lowest BCUT2D eigenvalue weighted by Crippen LogP contribution is -2.46. The summed E-state index contributed by atoms with van der Waals surface area (Å²) in [6, 6.07) is 0. The Balaban J connectivity index is 1.77. The zero-order valence-corrected chi connectivity index (χ0v) is 20.3. The minimum Gasteiger partial charge on any atom is -0.393 e. The fourth-order valence-electron chi connectivity index (χ4n) is 6.22. The van der Waals surface area contributed by atoms with Gasteiger partial charge in [0.2, 0.25) is 0 Å². The zero-order chi connectivity index (χ0) is 23.0. The zero-order valence-electron chi connectivity index (χ0n) is 20.3. The van der Waals surface area contributed by atoms with Crippen molar-refractivity contribution >= 4 is 0 Å². The molecule has 0 aliphatic heterocycles. The van der Waals surface area contributed by atoms with Crippen molar-refractivity contribution < 1.29 is 15.3 Å². The summed E-state index contributed by atoms with van der Waals surface area (Å²) < 4.78 is 0. The highest BCUT2D eigenvalue weighted by molar-refractivity contribution is 5.36. The van der Waals surface area contributed by atoms with Crippen molar-refractivity contribution in [2.24, 2.45) is 23.2 Å².